The monoisotopic (exact) mass is 338 g/mol. The molecule has 1 aliphatic heterocycles. The van der Waals surface area contributed by atoms with Gasteiger partial charge in [0.2, 0.25) is 5.89 Å². The van der Waals surface area contributed by atoms with E-state index in [2.05, 4.69) is 25.3 Å². The Bertz CT molecular complexity index is 551. The molecule has 134 valence electrons. The number of guanidine groups is 1. The maximum atomic E-state index is 11.7. The highest BCUT2D eigenvalue weighted by Crippen LogP contribution is 2.05. The third-order valence-corrected chi connectivity index (χ3v) is 3.60. The molecule has 1 aromatic rings. The zero-order valence-electron chi connectivity index (χ0n) is 14.6. The van der Waals surface area contributed by atoms with Crippen molar-refractivity contribution >= 4 is 12.1 Å². The van der Waals surface area contributed by atoms with Crippen molar-refractivity contribution < 1.29 is 14.1 Å². The fourth-order valence-corrected chi connectivity index (χ4v) is 2.44. The summed E-state index contributed by atoms with van der Waals surface area (Å²) in [6, 6.07) is 0. The summed E-state index contributed by atoms with van der Waals surface area (Å²) >= 11 is 0. The lowest BCUT2D eigenvalue weighted by molar-refractivity contribution is 0.0914. The summed E-state index contributed by atoms with van der Waals surface area (Å²) in [7, 11) is 0. The van der Waals surface area contributed by atoms with Crippen LogP contribution in [0, 0.1) is 6.92 Å². The first-order chi connectivity index (χ1) is 11.6. The van der Waals surface area contributed by atoms with Crippen LogP contribution in [0.1, 0.15) is 25.6 Å². The molecule has 1 aliphatic rings. The van der Waals surface area contributed by atoms with Crippen molar-refractivity contribution in [2.75, 3.05) is 45.9 Å². The Morgan fingerprint density at radius 2 is 2.00 bits per heavy atom. The predicted octanol–water partition coefficient (Wildman–Crippen LogP) is 0.660. The third kappa shape index (κ3) is 5.10. The fourth-order valence-electron chi connectivity index (χ4n) is 2.44. The van der Waals surface area contributed by atoms with E-state index in [1.165, 1.54) is 0 Å². The van der Waals surface area contributed by atoms with E-state index in [0.717, 1.165) is 25.6 Å². The number of aromatic nitrogens is 2. The number of aliphatic imine (C=N–C) groups is 1. The standard InChI is InChI=1S/C15H26N6O3/c1-4-16-14(17-7-6-13-18-12(3)19-24-13)20-8-10-21(11-9-20)15(22)23-5-2/h4-11H2,1-3H3,(H,16,17). The minimum Gasteiger partial charge on any atom is -0.450 e. The van der Waals surface area contributed by atoms with E-state index >= 15 is 0 Å². The van der Waals surface area contributed by atoms with E-state index in [4.69, 9.17) is 9.26 Å². The summed E-state index contributed by atoms with van der Waals surface area (Å²) < 4.78 is 10.1. The average molecular weight is 338 g/mol. The van der Waals surface area contributed by atoms with Gasteiger partial charge < -0.3 is 24.4 Å². The second-order valence-corrected chi connectivity index (χ2v) is 5.39. The maximum absolute atomic E-state index is 11.7. The molecule has 0 bridgehead atoms. The number of aryl methyl sites for hydroxylation is 1. The van der Waals surface area contributed by atoms with Crippen molar-refractivity contribution in [3.05, 3.63) is 11.7 Å². The van der Waals surface area contributed by atoms with Crippen LogP contribution in [0.4, 0.5) is 4.79 Å². The normalized spacial score (nSPS) is 15.5. The van der Waals surface area contributed by atoms with Gasteiger partial charge in [-0.15, -0.1) is 0 Å². The number of hydrogen-bond donors (Lipinski definition) is 1. The largest absolute Gasteiger partial charge is 0.450 e. The molecular formula is C15H26N6O3. The minimum atomic E-state index is -0.245. The van der Waals surface area contributed by atoms with E-state index in [1.807, 2.05) is 13.8 Å². The van der Waals surface area contributed by atoms with E-state index in [-0.39, 0.29) is 6.09 Å². The van der Waals surface area contributed by atoms with Gasteiger partial charge >= 0.3 is 6.09 Å². The number of carbonyl (C=O) groups is 1. The zero-order valence-corrected chi connectivity index (χ0v) is 14.6. The topological polar surface area (TPSA) is 96.1 Å². The van der Waals surface area contributed by atoms with Crippen LogP contribution in [0.5, 0.6) is 0 Å². The molecule has 1 saturated heterocycles. The second-order valence-electron chi connectivity index (χ2n) is 5.39. The Morgan fingerprint density at radius 3 is 2.58 bits per heavy atom. The molecule has 0 saturated carbocycles. The molecule has 1 N–H and O–H groups in total. The summed E-state index contributed by atoms with van der Waals surface area (Å²) in [4.78, 5) is 24.4. The summed E-state index contributed by atoms with van der Waals surface area (Å²) in [6.45, 7) is 10.1. The van der Waals surface area contributed by atoms with Crippen molar-refractivity contribution in [3.63, 3.8) is 0 Å². The van der Waals surface area contributed by atoms with Crippen LogP contribution >= 0.6 is 0 Å². The van der Waals surface area contributed by atoms with Gasteiger partial charge in [-0.1, -0.05) is 5.16 Å². The number of rotatable bonds is 5. The fraction of sp³-hybridized carbons (Fsp3) is 0.733. The van der Waals surface area contributed by atoms with E-state index < -0.39 is 0 Å². The molecule has 1 amide bonds. The number of ether oxygens (including phenoxy) is 1. The summed E-state index contributed by atoms with van der Waals surface area (Å²) in [5.74, 6) is 2.08. The first-order valence-electron chi connectivity index (χ1n) is 8.38. The van der Waals surface area contributed by atoms with Gasteiger partial charge in [0.05, 0.1) is 13.2 Å². The molecule has 0 radical (unpaired) electrons. The summed E-state index contributed by atoms with van der Waals surface area (Å²) in [5, 5.41) is 7.06. The predicted molar refractivity (Wildman–Crippen MR) is 88.9 cm³/mol. The van der Waals surface area contributed by atoms with Crippen molar-refractivity contribution in [2.24, 2.45) is 4.99 Å². The minimum absolute atomic E-state index is 0.245. The SMILES string of the molecule is CCNC(=NCCc1nc(C)no1)N1CCN(C(=O)OCC)CC1. The Kier molecular flexibility index (Phi) is 6.83. The van der Waals surface area contributed by atoms with Gasteiger partial charge in [0.1, 0.15) is 0 Å². The van der Waals surface area contributed by atoms with Crippen molar-refractivity contribution in [2.45, 2.75) is 27.2 Å². The number of amides is 1. The number of hydrogen-bond acceptors (Lipinski definition) is 6. The molecule has 2 rings (SSSR count). The zero-order chi connectivity index (χ0) is 17.4. The van der Waals surface area contributed by atoms with Gasteiger partial charge in [0, 0.05) is 39.1 Å². The number of carbonyl (C=O) groups excluding carboxylic acids is 1. The van der Waals surface area contributed by atoms with Crippen LogP contribution in [0.25, 0.3) is 0 Å². The molecule has 9 heteroatoms. The molecule has 0 aliphatic carbocycles. The Labute approximate surface area is 142 Å². The first kappa shape index (κ1) is 18.0. The van der Waals surface area contributed by atoms with Gasteiger partial charge in [-0.3, -0.25) is 4.99 Å². The van der Waals surface area contributed by atoms with E-state index in [9.17, 15) is 4.79 Å². The summed E-state index contributed by atoms with van der Waals surface area (Å²) in [5.41, 5.74) is 0. The van der Waals surface area contributed by atoms with Gasteiger partial charge in [0.25, 0.3) is 0 Å². The van der Waals surface area contributed by atoms with Crippen molar-refractivity contribution in [1.29, 1.82) is 0 Å². The van der Waals surface area contributed by atoms with Crippen LogP contribution in [0.15, 0.2) is 9.52 Å². The molecular weight excluding hydrogens is 312 g/mol. The Morgan fingerprint density at radius 1 is 1.29 bits per heavy atom. The highest BCUT2D eigenvalue weighted by atomic mass is 16.6. The third-order valence-electron chi connectivity index (χ3n) is 3.60. The molecule has 0 unspecified atom stereocenters. The molecule has 0 aromatic carbocycles. The molecule has 1 aromatic heterocycles. The van der Waals surface area contributed by atoms with Gasteiger partial charge in [0.15, 0.2) is 11.8 Å². The highest BCUT2D eigenvalue weighted by Gasteiger charge is 2.23. The van der Waals surface area contributed by atoms with Gasteiger partial charge in [-0.05, 0) is 20.8 Å². The number of piperazine rings is 1. The second kappa shape index (κ2) is 9.09. The quantitative estimate of drug-likeness (QED) is 0.622. The van der Waals surface area contributed by atoms with Crippen LogP contribution < -0.4 is 5.32 Å². The Balaban J connectivity index is 1.86. The molecule has 0 atom stereocenters. The summed E-state index contributed by atoms with van der Waals surface area (Å²) in [6.07, 6.45) is 0.365. The smallest absolute Gasteiger partial charge is 0.409 e. The van der Waals surface area contributed by atoms with Crippen molar-refractivity contribution in [3.8, 4) is 0 Å². The van der Waals surface area contributed by atoms with E-state index in [1.54, 1.807) is 11.8 Å². The first-order valence-corrected chi connectivity index (χ1v) is 8.38. The lowest BCUT2D eigenvalue weighted by atomic mass is 10.3. The van der Waals surface area contributed by atoms with Crippen LogP contribution in [-0.2, 0) is 11.2 Å². The molecule has 24 heavy (non-hydrogen) atoms. The number of nitrogens with one attached hydrogen (secondary N) is 1. The van der Waals surface area contributed by atoms with Gasteiger partial charge in [-0.25, -0.2) is 4.79 Å². The molecule has 0 spiro atoms. The number of nitrogens with zero attached hydrogens (tertiary/aromatic N) is 5. The van der Waals surface area contributed by atoms with Crippen LogP contribution in [-0.4, -0.2) is 77.9 Å². The molecule has 9 nitrogen and oxygen atoms in total. The maximum Gasteiger partial charge on any atom is 0.409 e. The molecule has 2 heterocycles. The van der Waals surface area contributed by atoms with Gasteiger partial charge in [-0.2, -0.15) is 4.98 Å². The lowest BCUT2D eigenvalue weighted by Crippen LogP contribution is -2.54. The lowest BCUT2D eigenvalue weighted by Gasteiger charge is -2.35. The molecule has 1 fully saturated rings. The van der Waals surface area contributed by atoms with Crippen LogP contribution in [0.2, 0.25) is 0 Å². The Hall–Kier alpha value is -2.32. The van der Waals surface area contributed by atoms with E-state index in [0.29, 0.717) is 44.4 Å². The average Bonchev–Trinajstić information content (AvgIpc) is 3.00. The van der Waals surface area contributed by atoms with Crippen LogP contribution in [0.3, 0.4) is 0 Å². The van der Waals surface area contributed by atoms with Crippen molar-refractivity contribution in [1.82, 2.24) is 25.3 Å². The highest BCUT2D eigenvalue weighted by molar-refractivity contribution is 5.80.